The maximum atomic E-state index is 9.44. The smallest absolute Gasteiger partial charge is 0.0971 e. The third kappa shape index (κ3) is 2.89. The van der Waals surface area contributed by atoms with E-state index in [-0.39, 0.29) is 12.6 Å². The lowest BCUT2D eigenvalue weighted by molar-refractivity contribution is 0.0830. The van der Waals surface area contributed by atoms with E-state index in [1.54, 1.807) is 4.80 Å². The molecule has 3 rings (SSSR count). The maximum absolute atomic E-state index is 9.44. The first kappa shape index (κ1) is 13.3. The second-order valence-corrected chi connectivity index (χ2v) is 5.26. The first-order chi connectivity index (χ1) is 9.86. The predicted octanol–water partition coefficient (Wildman–Crippen LogP) is 1.61. The fourth-order valence-electron chi connectivity index (χ4n) is 2.74. The van der Waals surface area contributed by atoms with Gasteiger partial charge in [0.25, 0.3) is 0 Å². The van der Waals surface area contributed by atoms with Crippen molar-refractivity contribution in [3.63, 3.8) is 0 Å². The molecule has 0 amide bonds. The van der Waals surface area contributed by atoms with E-state index in [1.807, 2.05) is 36.5 Å². The van der Waals surface area contributed by atoms with Crippen molar-refractivity contribution >= 4 is 0 Å². The van der Waals surface area contributed by atoms with Gasteiger partial charge in [0.2, 0.25) is 0 Å². The topological polar surface area (TPSA) is 54.2 Å². The maximum Gasteiger partial charge on any atom is 0.0971 e. The van der Waals surface area contributed by atoms with Gasteiger partial charge in [-0.15, -0.1) is 0 Å². The zero-order valence-corrected chi connectivity index (χ0v) is 11.5. The van der Waals surface area contributed by atoms with Gasteiger partial charge in [-0.05, 0) is 31.5 Å². The number of para-hydroxylation sites is 1. The van der Waals surface area contributed by atoms with Crippen molar-refractivity contribution in [3.05, 3.63) is 42.2 Å². The molecular formula is C15H20N4O. The molecule has 1 unspecified atom stereocenters. The number of rotatable bonds is 4. The number of aliphatic hydroxyl groups excluding tert-OH is 1. The molecule has 0 saturated carbocycles. The van der Waals surface area contributed by atoms with Crippen LogP contribution in [0.5, 0.6) is 0 Å². The molecular weight excluding hydrogens is 252 g/mol. The van der Waals surface area contributed by atoms with Crippen LogP contribution in [0, 0.1) is 0 Å². The summed E-state index contributed by atoms with van der Waals surface area (Å²) in [6.45, 7) is 2.02. The highest BCUT2D eigenvalue weighted by Gasteiger charge is 2.22. The van der Waals surface area contributed by atoms with Crippen LogP contribution < -0.4 is 0 Å². The third-order valence-electron chi connectivity index (χ3n) is 3.85. The average molecular weight is 272 g/mol. The van der Waals surface area contributed by atoms with Crippen molar-refractivity contribution in [1.82, 2.24) is 19.9 Å². The minimum Gasteiger partial charge on any atom is -0.395 e. The van der Waals surface area contributed by atoms with Gasteiger partial charge in [-0.3, -0.25) is 4.90 Å². The SMILES string of the molecule is OCC1CCCCN1Cc1cnn(-c2ccccc2)n1. The van der Waals surface area contributed by atoms with Gasteiger partial charge >= 0.3 is 0 Å². The molecule has 1 aromatic heterocycles. The number of hydrogen-bond acceptors (Lipinski definition) is 4. The predicted molar refractivity (Wildman–Crippen MR) is 76.5 cm³/mol. The van der Waals surface area contributed by atoms with Crippen LogP contribution in [0.4, 0.5) is 0 Å². The summed E-state index contributed by atoms with van der Waals surface area (Å²) in [6, 6.07) is 10.2. The molecule has 1 fully saturated rings. The fourth-order valence-corrected chi connectivity index (χ4v) is 2.74. The largest absolute Gasteiger partial charge is 0.395 e. The van der Waals surface area contributed by atoms with Crippen molar-refractivity contribution in [2.24, 2.45) is 0 Å². The summed E-state index contributed by atoms with van der Waals surface area (Å²) in [6.07, 6.45) is 5.29. The van der Waals surface area contributed by atoms with E-state index in [0.717, 1.165) is 30.9 Å². The molecule has 1 atom stereocenters. The van der Waals surface area contributed by atoms with E-state index in [1.165, 1.54) is 12.8 Å². The Kier molecular flexibility index (Phi) is 4.08. The van der Waals surface area contributed by atoms with Gasteiger partial charge in [-0.1, -0.05) is 24.6 Å². The molecule has 1 aromatic carbocycles. The number of nitrogens with zero attached hydrogens (tertiary/aromatic N) is 4. The molecule has 2 aromatic rings. The van der Waals surface area contributed by atoms with Crippen molar-refractivity contribution in [2.45, 2.75) is 31.8 Å². The Balaban J connectivity index is 1.71. The minimum atomic E-state index is 0.229. The van der Waals surface area contributed by atoms with Crippen molar-refractivity contribution in [3.8, 4) is 5.69 Å². The normalized spacial score (nSPS) is 20.1. The second kappa shape index (κ2) is 6.15. The Morgan fingerprint density at radius 2 is 2.05 bits per heavy atom. The molecule has 1 aliphatic rings. The van der Waals surface area contributed by atoms with Crippen LogP contribution in [0.25, 0.3) is 5.69 Å². The van der Waals surface area contributed by atoms with Gasteiger partial charge < -0.3 is 5.11 Å². The van der Waals surface area contributed by atoms with Crippen LogP contribution in [0.3, 0.4) is 0 Å². The first-order valence-corrected chi connectivity index (χ1v) is 7.18. The van der Waals surface area contributed by atoms with Crippen molar-refractivity contribution in [1.29, 1.82) is 0 Å². The Morgan fingerprint density at radius 1 is 1.20 bits per heavy atom. The summed E-state index contributed by atoms with van der Waals surface area (Å²) in [4.78, 5) is 3.97. The van der Waals surface area contributed by atoms with Crippen molar-refractivity contribution in [2.75, 3.05) is 13.2 Å². The first-order valence-electron chi connectivity index (χ1n) is 7.18. The number of piperidine rings is 1. The number of benzene rings is 1. The van der Waals surface area contributed by atoms with Crippen LogP contribution >= 0.6 is 0 Å². The average Bonchev–Trinajstić information content (AvgIpc) is 2.97. The summed E-state index contributed by atoms with van der Waals surface area (Å²) >= 11 is 0. The number of aromatic nitrogens is 3. The molecule has 20 heavy (non-hydrogen) atoms. The molecule has 0 spiro atoms. The number of hydrogen-bond donors (Lipinski definition) is 1. The number of likely N-dealkylation sites (tertiary alicyclic amines) is 1. The lowest BCUT2D eigenvalue weighted by atomic mass is 10.0. The van der Waals surface area contributed by atoms with Gasteiger partial charge in [0.15, 0.2) is 0 Å². The molecule has 2 heterocycles. The molecule has 1 aliphatic heterocycles. The fraction of sp³-hybridized carbons (Fsp3) is 0.467. The van der Waals surface area contributed by atoms with Crippen LogP contribution in [-0.4, -0.2) is 44.2 Å². The molecule has 5 nitrogen and oxygen atoms in total. The Bertz CT molecular complexity index is 540. The summed E-state index contributed by atoms with van der Waals surface area (Å²) in [5.41, 5.74) is 1.92. The highest BCUT2D eigenvalue weighted by molar-refractivity contribution is 5.28. The Morgan fingerprint density at radius 3 is 2.85 bits per heavy atom. The van der Waals surface area contributed by atoms with Crippen LogP contribution in [0.15, 0.2) is 36.5 Å². The summed E-state index contributed by atoms with van der Waals surface area (Å²) in [7, 11) is 0. The van der Waals surface area contributed by atoms with Crippen LogP contribution in [-0.2, 0) is 6.54 Å². The van der Waals surface area contributed by atoms with Gasteiger partial charge in [-0.2, -0.15) is 15.0 Å². The lowest BCUT2D eigenvalue weighted by Crippen LogP contribution is -2.41. The lowest BCUT2D eigenvalue weighted by Gasteiger charge is -2.33. The number of aliphatic hydroxyl groups is 1. The van der Waals surface area contributed by atoms with E-state index in [4.69, 9.17) is 0 Å². The third-order valence-corrected chi connectivity index (χ3v) is 3.85. The molecule has 0 bridgehead atoms. The molecule has 5 heteroatoms. The summed E-state index contributed by atoms with van der Waals surface area (Å²) in [5, 5.41) is 18.3. The molecule has 1 saturated heterocycles. The summed E-state index contributed by atoms with van der Waals surface area (Å²) in [5.74, 6) is 0. The Labute approximate surface area is 118 Å². The Hall–Kier alpha value is -1.72. The zero-order valence-electron chi connectivity index (χ0n) is 11.5. The second-order valence-electron chi connectivity index (χ2n) is 5.26. The van der Waals surface area contributed by atoms with Gasteiger partial charge in [-0.25, -0.2) is 0 Å². The zero-order chi connectivity index (χ0) is 13.8. The van der Waals surface area contributed by atoms with Gasteiger partial charge in [0.1, 0.15) is 0 Å². The van der Waals surface area contributed by atoms with E-state index in [9.17, 15) is 5.11 Å². The summed E-state index contributed by atoms with van der Waals surface area (Å²) < 4.78 is 0. The standard InChI is InChI=1S/C15H20N4O/c20-12-15-8-4-5-9-18(15)11-13-10-16-19(17-13)14-6-2-1-3-7-14/h1-3,6-7,10,15,20H,4-5,8-9,11-12H2. The highest BCUT2D eigenvalue weighted by atomic mass is 16.3. The molecule has 1 N–H and O–H groups in total. The minimum absolute atomic E-state index is 0.229. The van der Waals surface area contributed by atoms with E-state index >= 15 is 0 Å². The van der Waals surface area contributed by atoms with Gasteiger partial charge in [0, 0.05) is 12.6 Å². The van der Waals surface area contributed by atoms with E-state index < -0.39 is 0 Å². The molecule has 0 aliphatic carbocycles. The van der Waals surface area contributed by atoms with Gasteiger partial charge in [0.05, 0.1) is 24.2 Å². The van der Waals surface area contributed by atoms with Crippen LogP contribution in [0.1, 0.15) is 25.0 Å². The molecule has 106 valence electrons. The van der Waals surface area contributed by atoms with Crippen molar-refractivity contribution < 1.29 is 5.11 Å². The monoisotopic (exact) mass is 272 g/mol. The highest BCUT2D eigenvalue weighted by Crippen LogP contribution is 2.18. The van der Waals surface area contributed by atoms with E-state index in [2.05, 4.69) is 15.1 Å². The van der Waals surface area contributed by atoms with E-state index in [0.29, 0.717) is 0 Å². The molecule has 0 radical (unpaired) electrons. The quantitative estimate of drug-likeness (QED) is 0.919. The van der Waals surface area contributed by atoms with Crippen LogP contribution in [0.2, 0.25) is 0 Å².